The fourth-order valence-corrected chi connectivity index (χ4v) is 3.81. The van der Waals surface area contributed by atoms with Crippen molar-refractivity contribution in [2.24, 2.45) is 5.84 Å². The van der Waals surface area contributed by atoms with Crippen LogP contribution in [0, 0.1) is 5.82 Å². The van der Waals surface area contributed by atoms with Gasteiger partial charge in [-0.05, 0) is 60.7 Å². The van der Waals surface area contributed by atoms with Gasteiger partial charge in [0.05, 0.1) is 16.3 Å². The van der Waals surface area contributed by atoms with Crippen LogP contribution in [-0.4, -0.2) is 21.7 Å². The van der Waals surface area contributed by atoms with E-state index in [9.17, 15) is 14.0 Å². The van der Waals surface area contributed by atoms with E-state index in [0.717, 1.165) is 5.69 Å². The number of hydrogen-bond acceptors (Lipinski definition) is 4. The highest BCUT2D eigenvalue weighted by Crippen LogP contribution is 2.26. The molecule has 8 nitrogen and oxygen atoms in total. The Balaban J connectivity index is 1.78. The van der Waals surface area contributed by atoms with Gasteiger partial charge in [-0.15, -0.1) is 0 Å². The summed E-state index contributed by atoms with van der Waals surface area (Å²) >= 11 is 12.1. The van der Waals surface area contributed by atoms with Crippen LogP contribution in [-0.2, 0) is 0 Å². The number of benzene rings is 3. The molecular weight excluding hydrogens is 506 g/mol. The van der Waals surface area contributed by atoms with Gasteiger partial charge in [0.1, 0.15) is 17.3 Å². The molecule has 3 amide bonds. The van der Waals surface area contributed by atoms with Crippen molar-refractivity contribution < 1.29 is 14.0 Å². The molecule has 0 unspecified atom stereocenters. The Kier molecular flexibility index (Phi) is 7.65. The molecule has 0 aliphatic rings. The Labute approximate surface area is 215 Å². The summed E-state index contributed by atoms with van der Waals surface area (Å²) in [5, 5.41) is 10.2. The smallest absolute Gasteiger partial charge is 0.308 e. The lowest BCUT2D eigenvalue weighted by atomic mass is 10.1. The van der Waals surface area contributed by atoms with E-state index in [1.807, 2.05) is 35.8 Å². The summed E-state index contributed by atoms with van der Waals surface area (Å²) in [6.07, 6.45) is 3.21. The number of hydrazine groups is 1. The second-order valence-electron chi connectivity index (χ2n) is 7.45. The highest BCUT2D eigenvalue weighted by atomic mass is 35.5. The molecule has 1 aromatic heterocycles. The van der Waals surface area contributed by atoms with Crippen molar-refractivity contribution in [1.29, 1.82) is 0 Å². The quantitative estimate of drug-likeness (QED) is 0.163. The van der Waals surface area contributed by atoms with E-state index in [1.54, 1.807) is 23.0 Å². The molecular formula is C25H19Cl2FN6O2. The summed E-state index contributed by atoms with van der Waals surface area (Å²) in [4.78, 5) is 24.9. The third-order valence-electron chi connectivity index (χ3n) is 4.98. The Bertz CT molecular complexity index is 1440. The van der Waals surface area contributed by atoms with Crippen molar-refractivity contribution in [1.82, 2.24) is 25.8 Å². The van der Waals surface area contributed by atoms with Crippen LogP contribution in [0.1, 0.15) is 15.9 Å². The van der Waals surface area contributed by atoms with E-state index in [0.29, 0.717) is 21.8 Å². The minimum Gasteiger partial charge on any atom is -0.308 e. The van der Waals surface area contributed by atoms with Crippen LogP contribution in [0.4, 0.5) is 9.18 Å². The number of amides is 3. The monoisotopic (exact) mass is 524 g/mol. The van der Waals surface area contributed by atoms with E-state index in [4.69, 9.17) is 29.0 Å². The molecule has 3 aromatic carbocycles. The Morgan fingerprint density at radius 2 is 1.69 bits per heavy atom. The average Bonchev–Trinajstić information content (AvgIpc) is 3.28. The molecule has 182 valence electrons. The van der Waals surface area contributed by atoms with E-state index in [-0.39, 0.29) is 16.4 Å². The van der Waals surface area contributed by atoms with Crippen LogP contribution in [0.3, 0.4) is 0 Å². The van der Waals surface area contributed by atoms with Crippen molar-refractivity contribution in [3.63, 3.8) is 0 Å². The highest BCUT2D eigenvalue weighted by Gasteiger charge is 2.17. The number of hydrogen-bond donors (Lipinski definition) is 4. The molecule has 4 rings (SSSR count). The summed E-state index contributed by atoms with van der Waals surface area (Å²) in [5.41, 5.74) is 4.47. The van der Waals surface area contributed by atoms with Gasteiger partial charge in [-0.1, -0.05) is 41.4 Å². The van der Waals surface area contributed by atoms with E-state index in [1.165, 1.54) is 36.4 Å². The number of nitrogens with two attached hydrogens (primary N) is 1. The SMILES string of the molecule is NNC(=O)N/C(=C/c1cn(-c2ccccc2)nc1-c1ccc(F)cc1)NC(=O)c1ccc(Cl)cc1Cl. The Hall–Kier alpha value is -4.18. The largest absolute Gasteiger partial charge is 0.334 e. The van der Waals surface area contributed by atoms with Gasteiger partial charge in [-0.3, -0.25) is 15.5 Å². The lowest BCUT2D eigenvalue weighted by molar-refractivity contribution is 0.0964. The molecule has 0 aliphatic heterocycles. The molecule has 5 N–H and O–H groups in total. The third-order valence-corrected chi connectivity index (χ3v) is 5.53. The van der Waals surface area contributed by atoms with Gasteiger partial charge in [0.25, 0.3) is 5.91 Å². The van der Waals surface area contributed by atoms with Crippen molar-refractivity contribution in [3.8, 4) is 16.9 Å². The zero-order chi connectivity index (χ0) is 25.7. The number of nitrogens with one attached hydrogen (secondary N) is 3. The predicted molar refractivity (Wildman–Crippen MR) is 137 cm³/mol. The lowest BCUT2D eigenvalue weighted by Gasteiger charge is -2.12. The van der Waals surface area contributed by atoms with Crippen molar-refractivity contribution in [2.75, 3.05) is 0 Å². The van der Waals surface area contributed by atoms with E-state index >= 15 is 0 Å². The molecule has 0 spiro atoms. The number of urea groups is 1. The first-order valence-electron chi connectivity index (χ1n) is 10.5. The maximum Gasteiger partial charge on any atom is 0.334 e. The van der Waals surface area contributed by atoms with Crippen molar-refractivity contribution in [2.45, 2.75) is 0 Å². The standard InChI is InChI=1S/C25H19Cl2FN6O2/c26-17-8-11-20(21(27)13-17)24(35)30-22(31-25(36)32-29)12-16-14-34(19-4-2-1-3-5-19)33-23(16)15-6-9-18(28)10-7-15/h1-14H,29H2,(H,30,35)(H2,31,32,36)/b22-12+. The first kappa shape index (κ1) is 24.9. The summed E-state index contributed by atoms with van der Waals surface area (Å²) < 4.78 is 15.2. The average molecular weight is 525 g/mol. The fraction of sp³-hybridized carbons (Fsp3) is 0. The van der Waals surface area contributed by atoms with Crippen molar-refractivity contribution in [3.05, 3.63) is 112 Å². The van der Waals surface area contributed by atoms with Gasteiger partial charge in [0.15, 0.2) is 0 Å². The maximum atomic E-state index is 13.6. The van der Waals surface area contributed by atoms with Crippen LogP contribution in [0.15, 0.2) is 84.8 Å². The summed E-state index contributed by atoms with van der Waals surface area (Å²) in [6, 6.07) is 18.7. The second-order valence-corrected chi connectivity index (χ2v) is 8.30. The zero-order valence-corrected chi connectivity index (χ0v) is 20.0. The van der Waals surface area contributed by atoms with Crippen LogP contribution in [0.5, 0.6) is 0 Å². The minimum atomic E-state index is -0.775. The molecule has 0 fully saturated rings. The molecule has 36 heavy (non-hydrogen) atoms. The van der Waals surface area contributed by atoms with Crippen LogP contribution in [0.2, 0.25) is 10.0 Å². The molecule has 0 saturated carbocycles. The molecule has 0 aliphatic carbocycles. The number of halogens is 3. The van der Waals surface area contributed by atoms with Gasteiger partial charge in [0.2, 0.25) is 0 Å². The zero-order valence-electron chi connectivity index (χ0n) is 18.5. The number of nitrogens with zero attached hydrogens (tertiary/aromatic N) is 2. The number of para-hydroxylation sites is 1. The van der Waals surface area contributed by atoms with E-state index < -0.39 is 17.8 Å². The fourth-order valence-electron chi connectivity index (χ4n) is 3.32. The second kappa shape index (κ2) is 11.0. The maximum absolute atomic E-state index is 13.6. The molecule has 1 heterocycles. The summed E-state index contributed by atoms with van der Waals surface area (Å²) in [7, 11) is 0. The number of carbonyl (C=O) groups is 2. The van der Waals surface area contributed by atoms with Crippen LogP contribution in [0.25, 0.3) is 23.0 Å². The first-order valence-corrected chi connectivity index (χ1v) is 11.3. The molecule has 0 bridgehead atoms. The first-order chi connectivity index (χ1) is 17.3. The van der Waals surface area contributed by atoms with Gasteiger partial charge in [-0.25, -0.2) is 19.7 Å². The normalized spacial score (nSPS) is 11.2. The molecule has 0 radical (unpaired) electrons. The summed E-state index contributed by atoms with van der Waals surface area (Å²) in [6.45, 7) is 0. The number of carbonyl (C=O) groups excluding carboxylic acids is 2. The number of aromatic nitrogens is 2. The highest BCUT2D eigenvalue weighted by molar-refractivity contribution is 6.36. The third kappa shape index (κ3) is 5.89. The van der Waals surface area contributed by atoms with Gasteiger partial charge < -0.3 is 5.32 Å². The topological polar surface area (TPSA) is 114 Å². The van der Waals surface area contributed by atoms with Gasteiger partial charge in [-0.2, -0.15) is 5.10 Å². The number of rotatable bonds is 6. The van der Waals surface area contributed by atoms with Crippen LogP contribution >= 0.6 is 23.2 Å². The Morgan fingerprint density at radius 1 is 0.972 bits per heavy atom. The van der Waals surface area contributed by atoms with Gasteiger partial charge in [0, 0.05) is 22.3 Å². The minimum absolute atomic E-state index is 0.00931. The van der Waals surface area contributed by atoms with Crippen LogP contribution < -0.4 is 21.9 Å². The lowest BCUT2D eigenvalue weighted by Crippen LogP contribution is -2.43. The summed E-state index contributed by atoms with van der Waals surface area (Å²) in [5.74, 6) is 4.22. The molecule has 0 atom stereocenters. The molecule has 11 heteroatoms. The molecule has 0 saturated heterocycles. The predicted octanol–water partition coefficient (Wildman–Crippen LogP) is 4.89. The van der Waals surface area contributed by atoms with E-state index in [2.05, 4.69) is 15.7 Å². The Morgan fingerprint density at radius 3 is 2.36 bits per heavy atom. The van der Waals surface area contributed by atoms with Crippen molar-refractivity contribution >= 4 is 41.2 Å². The van der Waals surface area contributed by atoms with Gasteiger partial charge >= 0.3 is 6.03 Å². The molecule has 4 aromatic rings.